The Hall–Kier alpha value is -2.37. The highest BCUT2D eigenvalue weighted by molar-refractivity contribution is 6.40. The van der Waals surface area contributed by atoms with Crippen LogP contribution in [0.2, 0.25) is 0 Å². The summed E-state index contributed by atoms with van der Waals surface area (Å²) in [4.78, 5) is 40.2. The lowest BCUT2D eigenvalue weighted by atomic mass is 9.90. The first-order valence-corrected chi connectivity index (χ1v) is 8.93. The molecule has 0 unspecified atom stereocenters. The first-order valence-electron chi connectivity index (χ1n) is 8.93. The predicted octanol–water partition coefficient (Wildman–Crippen LogP) is 1.58. The third kappa shape index (κ3) is 3.52. The molecule has 0 bridgehead atoms. The van der Waals surface area contributed by atoms with Crippen molar-refractivity contribution in [1.82, 2.24) is 9.80 Å². The molecular formula is C19H25N3O3. The summed E-state index contributed by atoms with van der Waals surface area (Å²) >= 11 is 0. The number of likely N-dealkylation sites (tertiary alicyclic amines) is 1. The highest BCUT2D eigenvalue weighted by Crippen LogP contribution is 2.28. The number of rotatable bonds is 2. The molecule has 134 valence electrons. The molecule has 1 aliphatic carbocycles. The molecule has 0 spiro atoms. The van der Waals surface area contributed by atoms with Crippen LogP contribution in [0.1, 0.15) is 36.8 Å². The molecule has 25 heavy (non-hydrogen) atoms. The third-order valence-electron chi connectivity index (χ3n) is 5.08. The summed E-state index contributed by atoms with van der Waals surface area (Å²) in [6, 6.07) is 5.32. The molecule has 1 atom stereocenters. The molecule has 3 rings (SSSR count). The molecule has 6 nitrogen and oxygen atoms in total. The van der Waals surface area contributed by atoms with Crippen molar-refractivity contribution in [3.05, 3.63) is 29.3 Å². The van der Waals surface area contributed by atoms with Gasteiger partial charge in [0.05, 0.1) is 0 Å². The molecule has 1 saturated heterocycles. The number of anilines is 1. The minimum atomic E-state index is -0.655. The van der Waals surface area contributed by atoms with E-state index in [2.05, 4.69) is 11.4 Å². The van der Waals surface area contributed by atoms with E-state index in [9.17, 15) is 14.4 Å². The van der Waals surface area contributed by atoms with Gasteiger partial charge in [0.2, 0.25) is 5.91 Å². The van der Waals surface area contributed by atoms with Crippen LogP contribution in [0.5, 0.6) is 0 Å². The number of aryl methyl sites for hydroxylation is 1. The Kier molecular flexibility index (Phi) is 5.06. The van der Waals surface area contributed by atoms with Gasteiger partial charge >= 0.3 is 11.8 Å². The molecule has 1 aromatic carbocycles. The van der Waals surface area contributed by atoms with Crippen molar-refractivity contribution in [2.45, 2.75) is 44.6 Å². The maximum Gasteiger partial charge on any atom is 0.313 e. The zero-order valence-electron chi connectivity index (χ0n) is 14.9. The van der Waals surface area contributed by atoms with Crippen molar-refractivity contribution in [3.8, 4) is 0 Å². The van der Waals surface area contributed by atoms with Crippen LogP contribution in [-0.4, -0.2) is 54.2 Å². The Bertz CT molecular complexity index is 699. The van der Waals surface area contributed by atoms with Gasteiger partial charge < -0.3 is 15.1 Å². The fourth-order valence-corrected chi connectivity index (χ4v) is 3.77. The van der Waals surface area contributed by atoms with Crippen molar-refractivity contribution in [2.24, 2.45) is 0 Å². The van der Waals surface area contributed by atoms with Gasteiger partial charge in [0, 0.05) is 26.3 Å². The topological polar surface area (TPSA) is 69.7 Å². The summed E-state index contributed by atoms with van der Waals surface area (Å²) in [5.74, 6) is -1.40. The molecule has 0 saturated carbocycles. The number of nitrogens with one attached hydrogen (secondary N) is 1. The van der Waals surface area contributed by atoms with Crippen molar-refractivity contribution < 1.29 is 14.4 Å². The molecule has 2 aliphatic rings. The molecule has 0 aromatic heterocycles. The second-order valence-corrected chi connectivity index (χ2v) is 6.99. The normalized spacial score (nSPS) is 19.3. The molecule has 1 aliphatic heterocycles. The van der Waals surface area contributed by atoms with Crippen LogP contribution < -0.4 is 5.32 Å². The van der Waals surface area contributed by atoms with E-state index in [-0.39, 0.29) is 5.91 Å². The Morgan fingerprint density at radius 3 is 2.64 bits per heavy atom. The number of fused-ring (bicyclic) bond motifs is 1. The molecule has 1 heterocycles. The van der Waals surface area contributed by atoms with Crippen LogP contribution >= 0.6 is 0 Å². The minimum Gasteiger partial charge on any atom is -0.347 e. The average molecular weight is 343 g/mol. The molecule has 6 heteroatoms. The van der Waals surface area contributed by atoms with Crippen LogP contribution in [0.15, 0.2) is 18.2 Å². The van der Waals surface area contributed by atoms with E-state index in [0.29, 0.717) is 13.0 Å². The largest absolute Gasteiger partial charge is 0.347 e. The molecule has 0 radical (unpaired) electrons. The lowest BCUT2D eigenvalue weighted by molar-refractivity contribution is -0.147. The second kappa shape index (κ2) is 7.25. The fraction of sp³-hybridized carbons (Fsp3) is 0.526. The lowest BCUT2D eigenvalue weighted by Crippen LogP contribution is -2.49. The van der Waals surface area contributed by atoms with Gasteiger partial charge in [-0.25, -0.2) is 0 Å². The van der Waals surface area contributed by atoms with E-state index in [1.807, 2.05) is 12.1 Å². The van der Waals surface area contributed by atoms with Crippen LogP contribution in [0.3, 0.4) is 0 Å². The number of hydrogen-bond acceptors (Lipinski definition) is 3. The van der Waals surface area contributed by atoms with E-state index in [0.717, 1.165) is 43.4 Å². The van der Waals surface area contributed by atoms with E-state index in [4.69, 9.17) is 0 Å². The summed E-state index contributed by atoms with van der Waals surface area (Å²) in [6.07, 6.45) is 5.54. The van der Waals surface area contributed by atoms with Crippen LogP contribution in [0.25, 0.3) is 0 Å². The minimum absolute atomic E-state index is 0.129. The number of hydrogen-bond donors (Lipinski definition) is 1. The zero-order chi connectivity index (χ0) is 18.0. The Morgan fingerprint density at radius 2 is 1.88 bits per heavy atom. The van der Waals surface area contributed by atoms with Crippen molar-refractivity contribution in [1.29, 1.82) is 0 Å². The highest BCUT2D eigenvalue weighted by atomic mass is 16.2. The van der Waals surface area contributed by atoms with Gasteiger partial charge in [0.1, 0.15) is 6.04 Å². The fourth-order valence-electron chi connectivity index (χ4n) is 3.77. The van der Waals surface area contributed by atoms with Gasteiger partial charge in [-0.3, -0.25) is 14.4 Å². The summed E-state index contributed by atoms with van der Waals surface area (Å²) in [7, 11) is 3.33. The number of carbonyl (C=O) groups excluding carboxylic acids is 3. The maximum absolute atomic E-state index is 12.6. The van der Waals surface area contributed by atoms with E-state index < -0.39 is 17.9 Å². The average Bonchev–Trinajstić information content (AvgIpc) is 3.10. The second-order valence-electron chi connectivity index (χ2n) is 6.99. The Morgan fingerprint density at radius 1 is 1.12 bits per heavy atom. The number of carbonyl (C=O) groups is 3. The maximum atomic E-state index is 12.6. The summed E-state index contributed by atoms with van der Waals surface area (Å²) in [5, 5.41) is 2.78. The van der Waals surface area contributed by atoms with E-state index in [1.165, 1.54) is 15.4 Å². The number of amides is 3. The molecule has 1 aromatic rings. The van der Waals surface area contributed by atoms with Gasteiger partial charge in [-0.15, -0.1) is 0 Å². The highest BCUT2D eigenvalue weighted by Gasteiger charge is 2.37. The quantitative estimate of drug-likeness (QED) is 0.829. The van der Waals surface area contributed by atoms with Gasteiger partial charge in [-0.2, -0.15) is 0 Å². The summed E-state index contributed by atoms with van der Waals surface area (Å²) in [5.41, 5.74) is 3.11. The zero-order valence-corrected chi connectivity index (χ0v) is 14.9. The molecule has 3 amide bonds. The third-order valence-corrected chi connectivity index (χ3v) is 5.08. The van der Waals surface area contributed by atoms with Gasteiger partial charge in [-0.05, 0) is 55.7 Å². The molecule has 1 fully saturated rings. The van der Waals surface area contributed by atoms with Gasteiger partial charge in [-0.1, -0.05) is 12.1 Å². The van der Waals surface area contributed by atoms with Crippen molar-refractivity contribution in [2.75, 3.05) is 26.0 Å². The SMILES string of the molecule is CN(C)C(=O)[C@@H]1CCCN1C(=O)C(=O)Nc1cccc2c1CCCC2. The smallest absolute Gasteiger partial charge is 0.313 e. The van der Waals surface area contributed by atoms with Crippen molar-refractivity contribution in [3.63, 3.8) is 0 Å². The van der Waals surface area contributed by atoms with E-state index in [1.54, 1.807) is 14.1 Å². The number of nitrogens with zero attached hydrogens (tertiary/aromatic N) is 2. The van der Waals surface area contributed by atoms with E-state index >= 15 is 0 Å². The predicted molar refractivity (Wildman–Crippen MR) is 95.1 cm³/mol. The van der Waals surface area contributed by atoms with Crippen LogP contribution in [0, 0.1) is 0 Å². The monoisotopic (exact) mass is 343 g/mol. The Labute approximate surface area is 148 Å². The molecular weight excluding hydrogens is 318 g/mol. The van der Waals surface area contributed by atoms with Gasteiger partial charge in [0.15, 0.2) is 0 Å². The first-order chi connectivity index (χ1) is 12.0. The lowest BCUT2D eigenvalue weighted by Gasteiger charge is -2.26. The molecule has 1 N–H and O–H groups in total. The summed E-state index contributed by atoms with van der Waals surface area (Å²) in [6.45, 7) is 0.448. The number of likely N-dealkylation sites (N-methyl/N-ethyl adjacent to an activating group) is 1. The summed E-state index contributed by atoms with van der Waals surface area (Å²) < 4.78 is 0. The number of benzene rings is 1. The van der Waals surface area contributed by atoms with Gasteiger partial charge in [0.25, 0.3) is 0 Å². The standard InChI is InChI=1S/C19H25N3O3/c1-21(2)18(24)16-11-6-12-22(16)19(25)17(23)20-15-10-5-8-13-7-3-4-9-14(13)15/h5,8,10,16H,3-4,6-7,9,11-12H2,1-2H3,(H,20,23)/t16-/m0/s1. The van der Waals surface area contributed by atoms with Crippen LogP contribution in [-0.2, 0) is 27.2 Å². The van der Waals surface area contributed by atoms with Crippen LogP contribution in [0.4, 0.5) is 5.69 Å². The first kappa shape index (κ1) is 17.5. The van der Waals surface area contributed by atoms with Crippen molar-refractivity contribution >= 4 is 23.4 Å². The Balaban J connectivity index is 1.73.